The second-order valence-electron chi connectivity index (χ2n) is 3.49. The van der Waals surface area contributed by atoms with Crippen molar-refractivity contribution in [2.45, 2.75) is 0 Å². The van der Waals surface area contributed by atoms with Crippen LogP contribution in [-0.2, 0) is 0 Å². The van der Waals surface area contributed by atoms with Crippen LogP contribution in [0.4, 0.5) is 17.1 Å². The minimum Gasteiger partial charge on any atom is -0.508 e. The van der Waals surface area contributed by atoms with Gasteiger partial charge in [0.15, 0.2) is 0 Å². The molecule has 0 heterocycles. The molecule has 0 bridgehead atoms. The van der Waals surface area contributed by atoms with Gasteiger partial charge in [-0.2, -0.15) is 10.2 Å². The zero-order valence-corrected chi connectivity index (χ0v) is 12.2. The summed E-state index contributed by atoms with van der Waals surface area (Å²) in [6.45, 7) is 0. The number of nitrogens with zero attached hydrogens (tertiary/aromatic N) is 3. The number of hydrogen-bond acceptors (Lipinski definition) is 5. The smallest absolute Gasteiger partial charge is 0.508 e. The summed E-state index contributed by atoms with van der Waals surface area (Å²) >= 11 is 0. The molecule has 0 aliphatic heterocycles. The predicted octanol–water partition coefficient (Wildman–Crippen LogP) is 0.720. The fourth-order valence-corrected chi connectivity index (χ4v) is 1.28. The van der Waals surface area contributed by atoms with Crippen LogP contribution < -0.4 is 29.6 Å². The molecule has 7 heteroatoms. The van der Waals surface area contributed by atoms with Gasteiger partial charge in [-0.15, -0.1) is 0 Å². The number of aromatic hydroxyl groups is 1. The van der Waals surface area contributed by atoms with Crippen LogP contribution >= 0.6 is 0 Å². The molecule has 2 aromatic carbocycles. The van der Waals surface area contributed by atoms with E-state index >= 15 is 0 Å². The molecule has 0 atom stereocenters. The molecule has 0 aliphatic rings. The molecule has 0 amide bonds. The van der Waals surface area contributed by atoms with Crippen LogP contribution in [0.25, 0.3) is 0 Å². The number of nitro benzene ring substituents is 1. The average molecular weight is 266 g/mol. The van der Waals surface area contributed by atoms with Crippen molar-refractivity contribution in [3.05, 3.63) is 58.6 Å². The Kier molecular flexibility index (Phi) is 5.62. The van der Waals surface area contributed by atoms with E-state index in [1.807, 2.05) is 0 Å². The number of non-ortho nitro benzene ring substituents is 1. The van der Waals surface area contributed by atoms with Crippen molar-refractivity contribution in [2.75, 3.05) is 0 Å². The van der Waals surface area contributed by atoms with E-state index in [-0.39, 0.29) is 41.0 Å². The molecule has 0 saturated carbocycles. The summed E-state index contributed by atoms with van der Waals surface area (Å²) in [4.78, 5) is 9.98. The van der Waals surface area contributed by atoms with Crippen molar-refractivity contribution in [3.8, 4) is 5.75 Å². The summed E-state index contributed by atoms with van der Waals surface area (Å²) in [6.07, 6.45) is 0. The average Bonchev–Trinajstić information content (AvgIpc) is 2.38. The molecule has 0 aromatic heterocycles. The Labute approximate surface area is 131 Å². The first-order valence-corrected chi connectivity index (χ1v) is 5.10. The van der Waals surface area contributed by atoms with Crippen LogP contribution in [0.15, 0.2) is 58.8 Å². The summed E-state index contributed by atoms with van der Waals surface area (Å²) in [5, 5.41) is 27.4. The molecular weight excluding hydrogens is 257 g/mol. The van der Waals surface area contributed by atoms with Crippen LogP contribution in [0.2, 0.25) is 0 Å². The van der Waals surface area contributed by atoms with Crippen LogP contribution in [0.5, 0.6) is 5.75 Å². The van der Waals surface area contributed by atoms with Crippen LogP contribution in [0, 0.1) is 10.1 Å². The predicted molar refractivity (Wildman–Crippen MR) is 65.4 cm³/mol. The Hall–Kier alpha value is -1.76. The number of phenolic OH excluding ortho intramolecular Hbond substituents is 1. The summed E-state index contributed by atoms with van der Waals surface area (Å²) in [7, 11) is 0. The summed E-state index contributed by atoms with van der Waals surface area (Å²) < 4.78 is 0. The molecule has 90 valence electrons. The van der Waals surface area contributed by atoms with E-state index in [0.29, 0.717) is 11.4 Å². The second-order valence-corrected chi connectivity index (χ2v) is 3.49. The maximum absolute atomic E-state index is 10.5. The van der Waals surface area contributed by atoms with Gasteiger partial charge in [0.25, 0.3) is 5.69 Å². The third-order valence-electron chi connectivity index (χ3n) is 2.19. The zero-order valence-electron chi connectivity index (χ0n) is 10.2. The monoisotopic (exact) mass is 266 g/mol. The van der Waals surface area contributed by atoms with Crippen LogP contribution in [0.1, 0.15) is 0 Å². The molecule has 0 radical (unpaired) electrons. The van der Waals surface area contributed by atoms with Crippen molar-refractivity contribution in [3.63, 3.8) is 0 Å². The number of benzene rings is 2. The van der Waals surface area contributed by atoms with E-state index in [0.717, 1.165) is 0 Å². The molecule has 19 heavy (non-hydrogen) atoms. The van der Waals surface area contributed by atoms with Crippen molar-refractivity contribution in [2.24, 2.45) is 10.2 Å². The number of rotatable bonds is 3. The molecule has 0 spiro atoms. The molecule has 2 aromatic rings. The molecular formula is C12H9N3NaO3+. The Balaban J connectivity index is 0.00000180. The summed E-state index contributed by atoms with van der Waals surface area (Å²) in [5.74, 6) is 0.157. The Bertz CT molecular complexity index is 582. The van der Waals surface area contributed by atoms with Crippen LogP contribution in [-0.4, -0.2) is 10.0 Å². The van der Waals surface area contributed by atoms with Crippen LogP contribution in [0.3, 0.4) is 0 Å². The van der Waals surface area contributed by atoms with Gasteiger partial charge in [-0.25, -0.2) is 0 Å². The van der Waals surface area contributed by atoms with Gasteiger partial charge in [-0.3, -0.25) is 10.1 Å². The number of phenols is 1. The normalized spacial score (nSPS) is 10.1. The molecule has 6 nitrogen and oxygen atoms in total. The maximum Gasteiger partial charge on any atom is 1.00 e. The minimum atomic E-state index is -0.471. The number of hydrogen-bond donors (Lipinski definition) is 1. The third kappa shape index (κ3) is 4.44. The van der Waals surface area contributed by atoms with Gasteiger partial charge in [0.2, 0.25) is 0 Å². The molecule has 0 fully saturated rings. The molecule has 0 aliphatic carbocycles. The van der Waals surface area contributed by atoms with E-state index in [9.17, 15) is 10.1 Å². The van der Waals surface area contributed by atoms with Crippen molar-refractivity contribution in [1.82, 2.24) is 0 Å². The second kappa shape index (κ2) is 6.98. The quantitative estimate of drug-likeness (QED) is 0.384. The Morgan fingerprint density at radius 1 is 0.895 bits per heavy atom. The maximum atomic E-state index is 10.5. The standard InChI is InChI=1S/C12H9N3O3.Na/c16-12-7-3-10(4-8-12)14-13-9-1-5-11(6-2-9)15(17)18;/h1-8,16H;/q;+1. The van der Waals surface area contributed by atoms with E-state index in [4.69, 9.17) is 5.11 Å². The molecule has 0 saturated heterocycles. The van der Waals surface area contributed by atoms with Gasteiger partial charge in [0, 0.05) is 12.1 Å². The third-order valence-corrected chi connectivity index (χ3v) is 2.19. The van der Waals surface area contributed by atoms with Gasteiger partial charge in [0.1, 0.15) is 5.75 Å². The minimum absolute atomic E-state index is 0. The first kappa shape index (κ1) is 15.3. The SMILES string of the molecule is O=[N+]([O-])c1ccc(N=Nc2ccc(O)cc2)cc1.[Na+]. The molecule has 0 unspecified atom stereocenters. The number of azo groups is 1. The van der Waals surface area contributed by atoms with Gasteiger partial charge >= 0.3 is 29.6 Å². The van der Waals surface area contributed by atoms with Gasteiger partial charge in [0.05, 0.1) is 16.3 Å². The van der Waals surface area contributed by atoms with Crippen molar-refractivity contribution < 1.29 is 39.6 Å². The summed E-state index contributed by atoms with van der Waals surface area (Å²) in [6, 6.07) is 12.0. The fourth-order valence-electron chi connectivity index (χ4n) is 1.28. The topological polar surface area (TPSA) is 88.1 Å². The zero-order chi connectivity index (χ0) is 13.0. The van der Waals surface area contributed by atoms with Gasteiger partial charge in [-0.05, 0) is 36.4 Å². The first-order chi connectivity index (χ1) is 8.65. The van der Waals surface area contributed by atoms with E-state index < -0.39 is 4.92 Å². The summed E-state index contributed by atoms with van der Waals surface area (Å²) in [5.41, 5.74) is 1.12. The first-order valence-electron chi connectivity index (χ1n) is 5.10. The molecule has 2 rings (SSSR count). The van der Waals surface area contributed by atoms with Crippen molar-refractivity contribution >= 4 is 17.1 Å². The number of nitro groups is 1. The Morgan fingerprint density at radius 2 is 1.32 bits per heavy atom. The van der Waals surface area contributed by atoms with E-state index in [1.54, 1.807) is 12.1 Å². The molecule has 1 N–H and O–H groups in total. The van der Waals surface area contributed by atoms with Gasteiger partial charge < -0.3 is 5.11 Å². The van der Waals surface area contributed by atoms with E-state index in [1.165, 1.54) is 36.4 Å². The Morgan fingerprint density at radius 3 is 1.74 bits per heavy atom. The van der Waals surface area contributed by atoms with Crippen molar-refractivity contribution in [1.29, 1.82) is 0 Å². The van der Waals surface area contributed by atoms with E-state index in [2.05, 4.69) is 10.2 Å². The van der Waals surface area contributed by atoms with Gasteiger partial charge in [-0.1, -0.05) is 0 Å². The largest absolute Gasteiger partial charge is 1.00 e. The fraction of sp³-hybridized carbons (Fsp3) is 0.